The smallest absolute Gasteiger partial charge is 0.504 e. The summed E-state index contributed by atoms with van der Waals surface area (Å²) in [4.78, 5) is 10.8. The van der Waals surface area contributed by atoms with Crippen molar-refractivity contribution >= 4 is 35.1 Å². The molecule has 0 aliphatic carbocycles. The first-order valence-corrected chi connectivity index (χ1v) is 12.1. The van der Waals surface area contributed by atoms with E-state index in [0.29, 0.717) is 0 Å². The summed E-state index contributed by atoms with van der Waals surface area (Å²) in [5.41, 5.74) is 8.29. The Hall–Kier alpha value is -3.60. The molecule has 0 saturated heterocycles. The minimum Gasteiger partial charge on any atom is -0.504 e. The number of fused-ring (bicyclic) bond motifs is 1. The van der Waals surface area contributed by atoms with Crippen LogP contribution in [0.3, 0.4) is 0 Å². The second-order valence-electron chi connectivity index (χ2n) is 8.85. The van der Waals surface area contributed by atoms with Gasteiger partial charge in [-0.2, -0.15) is 43.2 Å². The molecule has 1 aromatic heterocycles. The van der Waals surface area contributed by atoms with Crippen LogP contribution in [-0.2, 0) is 20.1 Å². The van der Waals surface area contributed by atoms with E-state index in [1.807, 2.05) is 48.8 Å². The molecule has 0 atom stereocenters. The predicted molar refractivity (Wildman–Crippen MR) is 152 cm³/mol. The second kappa shape index (κ2) is 12.1. The normalized spacial score (nSPS) is 13.6. The third kappa shape index (κ3) is 5.88. The molecule has 184 valence electrons. The van der Waals surface area contributed by atoms with Crippen LogP contribution in [0.25, 0.3) is 0 Å². The van der Waals surface area contributed by atoms with Crippen LogP contribution in [0.2, 0.25) is 0 Å². The summed E-state index contributed by atoms with van der Waals surface area (Å²) in [7, 11) is 2.06. The van der Waals surface area contributed by atoms with Gasteiger partial charge in [0.15, 0.2) is 0 Å². The zero-order valence-corrected chi connectivity index (χ0v) is 23.6. The van der Waals surface area contributed by atoms with E-state index in [4.69, 9.17) is 0 Å². The van der Waals surface area contributed by atoms with Gasteiger partial charge in [0.2, 0.25) is 0 Å². The molecule has 0 fully saturated rings. The molecule has 3 heterocycles. The van der Waals surface area contributed by atoms with Crippen molar-refractivity contribution in [2.24, 2.45) is 0 Å². The van der Waals surface area contributed by atoms with Gasteiger partial charge in [-0.3, -0.25) is 4.98 Å². The van der Waals surface area contributed by atoms with Crippen LogP contribution in [0, 0.1) is 32.6 Å². The van der Waals surface area contributed by atoms with Crippen molar-refractivity contribution in [1.29, 1.82) is 0 Å². The van der Waals surface area contributed by atoms with Crippen molar-refractivity contribution in [2.45, 2.75) is 13.8 Å². The Morgan fingerprint density at radius 1 is 0.838 bits per heavy atom. The largest absolute Gasteiger partial charge is 3.00 e. The maximum absolute atomic E-state index is 4.38. The molecule has 0 saturated carbocycles. The van der Waals surface area contributed by atoms with Crippen molar-refractivity contribution in [3.8, 4) is 0 Å². The minimum atomic E-state index is 0. The van der Waals surface area contributed by atoms with Gasteiger partial charge in [-0.15, -0.1) is 11.7 Å². The average molecular weight is 660 g/mol. The Morgan fingerprint density at radius 3 is 2.22 bits per heavy atom. The zero-order chi connectivity index (χ0) is 24.9. The van der Waals surface area contributed by atoms with E-state index in [1.54, 1.807) is 0 Å². The molecule has 3 aromatic carbocycles. The van der Waals surface area contributed by atoms with Crippen LogP contribution in [0.4, 0.5) is 22.7 Å². The number of anilines is 4. The van der Waals surface area contributed by atoms with Gasteiger partial charge >= 0.3 is 20.1 Å². The molecule has 37 heavy (non-hydrogen) atoms. The topological polar surface area (TPSA) is 22.6 Å². The fraction of sp³-hybridized carbons (Fsp3) is 0.0968. The van der Waals surface area contributed by atoms with Gasteiger partial charge in [0.1, 0.15) is 0 Å². The molecule has 6 heteroatoms. The number of pyridine rings is 1. The van der Waals surface area contributed by atoms with Gasteiger partial charge in [0, 0.05) is 23.3 Å². The second-order valence-corrected chi connectivity index (χ2v) is 8.85. The van der Waals surface area contributed by atoms with Crippen molar-refractivity contribution in [1.82, 2.24) is 4.98 Å². The molecule has 0 spiro atoms. The molecule has 4 aromatic rings. The number of benzene rings is 3. The Bertz CT molecular complexity index is 1340. The van der Waals surface area contributed by atoms with Gasteiger partial charge in [-0.05, 0) is 62.0 Å². The van der Waals surface area contributed by atoms with Crippen LogP contribution >= 0.6 is 0 Å². The summed E-state index contributed by atoms with van der Waals surface area (Å²) in [6, 6.07) is 31.9. The molecular formula is C31H28BIrN4. The Kier molecular flexibility index (Phi) is 8.65. The molecule has 0 unspecified atom stereocenters. The van der Waals surface area contributed by atoms with E-state index in [2.05, 4.69) is 120 Å². The first-order chi connectivity index (χ1) is 17.6. The van der Waals surface area contributed by atoms with E-state index in [0.717, 1.165) is 11.3 Å². The number of hydrogen-bond acceptors (Lipinski definition) is 4. The summed E-state index contributed by atoms with van der Waals surface area (Å²) < 4.78 is 0. The maximum Gasteiger partial charge on any atom is 3.00 e. The summed E-state index contributed by atoms with van der Waals surface area (Å²) in [5, 5.41) is 0. The Morgan fingerprint density at radius 2 is 1.57 bits per heavy atom. The van der Waals surface area contributed by atoms with Gasteiger partial charge in [-0.25, -0.2) is 0 Å². The Balaban J connectivity index is 0.000000172. The van der Waals surface area contributed by atoms with Gasteiger partial charge < -0.3 is 20.7 Å². The van der Waals surface area contributed by atoms with Crippen molar-refractivity contribution in [2.75, 3.05) is 21.7 Å². The summed E-state index contributed by atoms with van der Waals surface area (Å²) >= 11 is 0. The molecule has 2 aliphatic rings. The molecule has 6 rings (SSSR count). The molecule has 0 amide bonds. The van der Waals surface area contributed by atoms with E-state index >= 15 is 0 Å². The van der Waals surface area contributed by atoms with E-state index < -0.39 is 0 Å². The van der Waals surface area contributed by atoms with E-state index in [-0.39, 0.29) is 26.8 Å². The van der Waals surface area contributed by atoms with Crippen LogP contribution < -0.4 is 20.3 Å². The first-order valence-electron chi connectivity index (χ1n) is 12.1. The summed E-state index contributed by atoms with van der Waals surface area (Å²) in [6.07, 6.45) is 5.93. The molecule has 0 bridgehead atoms. The number of rotatable bonds is 3. The van der Waals surface area contributed by atoms with Crippen molar-refractivity contribution in [3.63, 3.8) is 0 Å². The van der Waals surface area contributed by atoms with Gasteiger partial charge in [0.05, 0.1) is 6.71 Å². The maximum atomic E-state index is 4.38. The number of aromatic nitrogens is 1. The number of hydrogen-bond donors (Lipinski definition) is 0. The average Bonchev–Trinajstić information content (AvgIpc) is 3.27. The fourth-order valence-corrected chi connectivity index (χ4v) is 4.52. The molecule has 2 aliphatic heterocycles. The third-order valence-electron chi connectivity index (χ3n) is 6.30. The number of aryl methyl sites for hydroxylation is 2. The molecule has 0 radical (unpaired) electrons. The fourth-order valence-electron chi connectivity index (χ4n) is 4.52. The standard InChI is InChI=1S/C17H16BN2.C14H12N2.Ir/c1-14-6-5-7-15(2)17(14)20-12-9-18(10-13-20)16-8-3-4-11-19-16;1-15-11-16(12-7-3-2-4-8-12)14-10-6-5-9-13(14)15;/h3-9,11-13H,1-2H3;2-7,9-11H,1H3;/q-1;-2;+3. The van der Waals surface area contributed by atoms with Crippen molar-refractivity contribution < 1.29 is 20.1 Å². The van der Waals surface area contributed by atoms with Crippen molar-refractivity contribution in [3.05, 3.63) is 139 Å². The van der Waals surface area contributed by atoms with Gasteiger partial charge in [-0.1, -0.05) is 42.5 Å². The molecule has 4 nitrogen and oxygen atoms in total. The van der Waals surface area contributed by atoms with Crippen LogP contribution in [0.1, 0.15) is 11.1 Å². The zero-order valence-electron chi connectivity index (χ0n) is 21.2. The number of nitrogens with zero attached hydrogens (tertiary/aromatic N) is 4. The summed E-state index contributed by atoms with van der Waals surface area (Å²) in [6.45, 7) is 6.48. The predicted octanol–water partition coefficient (Wildman–Crippen LogP) is 6.02. The first kappa shape index (κ1) is 26.5. The quantitative estimate of drug-likeness (QED) is 0.198. The van der Waals surface area contributed by atoms with E-state index in [9.17, 15) is 0 Å². The molecular weight excluding hydrogens is 631 g/mol. The Labute approximate surface area is 234 Å². The van der Waals surface area contributed by atoms with Crippen LogP contribution in [0.5, 0.6) is 0 Å². The number of para-hydroxylation sites is 4. The van der Waals surface area contributed by atoms with E-state index in [1.165, 1.54) is 28.2 Å². The third-order valence-corrected chi connectivity index (χ3v) is 6.30. The summed E-state index contributed by atoms with van der Waals surface area (Å²) in [5.74, 6) is 5.52. The van der Waals surface area contributed by atoms with Crippen LogP contribution in [-0.4, -0.2) is 18.7 Å². The molecule has 0 N–H and O–H groups in total. The minimum absolute atomic E-state index is 0. The van der Waals surface area contributed by atoms with Gasteiger partial charge in [0.25, 0.3) is 0 Å². The van der Waals surface area contributed by atoms with Crippen LogP contribution in [0.15, 0.2) is 110 Å². The monoisotopic (exact) mass is 660 g/mol. The SMILES string of the molecule is CN1[CH-]N(c2[c-]cccc2)c2ccccc21.Cc1cccc(C)c1N1C=[C-]B(c2ccccn2)C=C1.[Ir+3].